The molecule has 1 aromatic carbocycles. The number of ether oxygens (including phenoxy) is 1. The van der Waals surface area contributed by atoms with Crippen LogP contribution in [0, 0.1) is 5.41 Å². The Labute approximate surface area is 283 Å². The third-order valence-corrected chi connectivity index (χ3v) is 12.5. The molecule has 1 aliphatic heterocycles. The van der Waals surface area contributed by atoms with Crippen LogP contribution in [0.25, 0.3) is 0 Å². The second-order valence-electron chi connectivity index (χ2n) is 11.9. The standard InChI is InChI=1S/C30H31Cl3N6O2S3/c1-29(2,3)44(40)38-24-23-20(43-28(33)37-23)15-30(24)10-13-39(14-11-30)26-27(41-17-18-7-5-4-6-8-18)36-21(16-35-26)42-19-9-12-34-25(32)22(19)31/h4-9,12,16,24,38H,10-11,13-15,17H2,1-3H3/t24-,44?/m1/s1. The first-order valence-electron chi connectivity index (χ1n) is 14.1. The molecule has 1 spiro atoms. The van der Waals surface area contributed by atoms with Gasteiger partial charge in [0.05, 0.1) is 16.9 Å². The van der Waals surface area contributed by atoms with Crippen LogP contribution < -0.4 is 14.4 Å². The maximum atomic E-state index is 13.3. The van der Waals surface area contributed by atoms with Crippen LogP contribution in [0.15, 0.2) is 58.7 Å². The number of nitrogens with zero attached hydrogens (tertiary/aromatic N) is 5. The minimum atomic E-state index is -1.25. The zero-order chi connectivity index (χ0) is 31.1. The fourth-order valence-electron chi connectivity index (χ4n) is 5.52. The number of piperidine rings is 1. The Balaban J connectivity index is 1.25. The van der Waals surface area contributed by atoms with E-state index in [0.29, 0.717) is 32.8 Å². The second kappa shape index (κ2) is 13.1. The van der Waals surface area contributed by atoms with Crippen LogP contribution in [0.2, 0.25) is 14.6 Å². The normalized spacial score (nSPS) is 18.4. The summed E-state index contributed by atoms with van der Waals surface area (Å²) in [5, 5.41) is 1.24. The van der Waals surface area contributed by atoms with Crippen LogP contribution in [0.5, 0.6) is 5.88 Å². The largest absolute Gasteiger partial charge is 0.598 e. The summed E-state index contributed by atoms with van der Waals surface area (Å²) in [5.41, 5.74) is 1.85. The van der Waals surface area contributed by atoms with Crippen molar-refractivity contribution < 1.29 is 9.29 Å². The predicted octanol–water partition coefficient (Wildman–Crippen LogP) is 7.95. The average Bonchev–Trinajstić information content (AvgIpc) is 3.48. The molecule has 6 rings (SSSR count). The molecule has 4 heterocycles. The van der Waals surface area contributed by atoms with E-state index in [2.05, 4.69) is 19.6 Å². The first-order chi connectivity index (χ1) is 21.0. The van der Waals surface area contributed by atoms with Gasteiger partial charge < -0.3 is 14.2 Å². The molecule has 44 heavy (non-hydrogen) atoms. The maximum Gasteiger partial charge on any atom is 0.259 e. The Kier molecular flexibility index (Phi) is 9.58. The first-order valence-corrected chi connectivity index (χ1v) is 18.0. The van der Waals surface area contributed by atoms with Crippen molar-refractivity contribution in [2.24, 2.45) is 5.41 Å². The van der Waals surface area contributed by atoms with Crippen molar-refractivity contribution in [1.29, 1.82) is 0 Å². The zero-order valence-electron chi connectivity index (χ0n) is 24.3. The quantitative estimate of drug-likeness (QED) is 0.144. The second-order valence-corrected chi connectivity index (χ2v) is 17.3. The van der Waals surface area contributed by atoms with Gasteiger partial charge in [0, 0.05) is 45.8 Å². The summed E-state index contributed by atoms with van der Waals surface area (Å²) in [6.45, 7) is 7.75. The summed E-state index contributed by atoms with van der Waals surface area (Å²) >= 11 is 20.5. The van der Waals surface area contributed by atoms with Gasteiger partial charge in [-0.3, -0.25) is 0 Å². The highest BCUT2D eigenvalue weighted by Gasteiger charge is 2.52. The van der Waals surface area contributed by atoms with Crippen molar-refractivity contribution in [3.8, 4) is 5.88 Å². The Bertz CT molecular complexity index is 1630. The van der Waals surface area contributed by atoms with Gasteiger partial charge in [-0.25, -0.2) is 19.9 Å². The van der Waals surface area contributed by atoms with Crippen molar-refractivity contribution in [3.05, 3.63) is 79.6 Å². The fraction of sp³-hybridized carbons (Fsp3) is 0.400. The van der Waals surface area contributed by atoms with Crippen molar-refractivity contribution in [2.75, 3.05) is 18.0 Å². The Morgan fingerprint density at radius 1 is 1.11 bits per heavy atom. The minimum Gasteiger partial charge on any atom is -0.598 e. The smallest absolute Gasteiger partial charge is 0.259 e. The number of rotatable bonds is 8. The molecule has 3 aromatic heterocycles. The lowest BCUT2D eigenvalue weighted by Gasteiger charge is -2.44. The number of anilines is 1. The van der Waals surface area contributed by atoms with E-state index in [-0.39, 0.29) is 16.6 Å². The number of aromatic nitrogens is 4. The number of thiazole rings is 1. The van der Waals surface area contributed by atoms with E-state index >= 15 is 0 Å². The van der Waals surface area contributed by atoms with Gasteiger partial charge in [-0.2, -0.15) is 0 Å². The summed E-state index contributed by atoms with van der Waals surface area (Å²) in [5.74, 6) is 1.14. The topological polar surface area (TPSA) is 99.1 Å². The van der Waals surface area contributed by atoms with Gasteiger partial charge in [-0.15, -0.1) is 16.1 Å². The van der Waals surface area contributed by atoms with Crippen LogP contribution >= 0.6 is 57.9 Å². The number of pyridine rings is 1. The summed E-state index contributed by atoms with van der Waals surface area (Å²) < 4.78 is 23.1. The molecule has 4 aromatic rings. The molecule has 1 saturated heterocycles. The number of hydrogen-bond donors (Lipinski definition) is 1. The first kappa shape index (κ1) is 32.1. The molecular formula is C30H31Cl3N6O2S3. The summed E-state index contributed by atoms with van der Waals surface area (Å²) in [4.78, 5) is 22.6. The Morgan fingerprint density at radius 2 is 1.86 bits per heavy atom. The van der Waals surface area contributed by atoms with Gasteiger partial charge in [0.25, 0.3) is 5.88 Å². The number of halogens is 3. The van der Waals surface area contributed by atoms with Gasteiger partial charge in [0.15, 0.2) is 10.3 Å². The van der Waals surface area contributed by atoms with Crippen molar-refractivity contribution >= 4 is 75.1 Å². The maximum absolute atomic E-state index is 13.3. The highest BCUT2D eigenvalue weighted by atomic mass is 35.5. The van der Waals surface area contributed by atoms with Gasteiger partial charge in [-0.1, -0.05) is 76.9 Å². The van der Waals surface area contributed by atoms with Gasteiger partial charge in [0.1, 0.15) is 27.6 Å². The third-order valence-electron chi connectivity index (χ3n) is 7.88. The van der Waals surface area contributed by atoms with E-state index in [1.165, 1.54) is 28.0 Å². The van der Waals surface area contributed by atoms with E-state index in [0.717, 1.165) is 48.5 Å². The minimum absolute atomic E-state index is 0.123. The van der Waals surface area contributed by atoms with Crippen molar-refractivity contribution in [1.82, 2.24) is 24.7 Å². The van der Waals surface area contributed by atoms with Crippen molar-refractivity contribution in [3.63, 3.8) is 0 Å². The van der Waals surface area contributed by atoms with Gasteiger partial charge in [-0.05, 0) is 51.7 Å². The van der Waals surface area contributed by atoms with Gasteiger partial charge in [0.2, 0.25) is 0 Å². The van der Waals surface area contributed by atoms with E-state index in [4.69, 9.17) is 49.5 Å². The lowest BCUT2D eigenvalue weighted by Crippen LogP contribution is -2.50. The van der Waals surface area contributed by atoms with Crippen LogP contribution in [0.4, 0.5) is 5.82 Å². The SMILES string of the molecule is CC(C)(C)[S+]([O-])N[C@@H]1c2nc(Cl)sc2CC12CCN(c1ncc(Sc3ccnc(Cl)c3Cl)nc1OCc1ccccc1)CC2. The van der Waals surface area contributed by atoms with E-state index in [9.17, 15) is 4.55 Å². The number of nitrogens with one attached hydrogen (secondary N) is 1. The predicted molar refractivity (Wildman–Crippen MR) is 180 cm³/mol. The molecule has 8 nitrogen and oxygen atoms in total. The van der Waals surface area contributed by atoms with Crippen molar-refractivity contribution in [2.45, 2.75) is 67.4 Å². The van der Waals surface area contributed by atoms with Crippen LogP contribution in [-0.4, -0.2) is 42.3 Å². The van der Waals surface area contributed by atoms with E-state index in [1.54, 1.807) is 18.5 Å². The molecule has 0 bridgehead atoms. The van der Waals surface area contributed by atoms with Crippen LogP contribution in [0.1, 0.15) is 55.8 Å². The monoisotopic (exact) mass is 708 g/mol. The molecule has 2 atom stereocenters. The molecule has 1 aliphatic carbocycles. The third kappa shape index (κ3) is 6.80. The Hall–Kier alpha value is -1.83. The van der Waals surface area contributed by atoms with Gasteiger partial charge >= 0.3 is 0 Å². The van der Waals surface area contributed by atoms with E-state index < -0.39 is 16.1 Å². The number of fused-ring (bicyclic) bond motifs is 1. The zero-order valence-corrected chi connectivity index (χ0v) is 29.1. The molecule has 0 saturated carbocycles. The molecule has 0 radical (unpaired) electrons. The fourth-order valence-corrected chi connectivity index (χ4v) is 9.02. The average molecular weight is 710 g/mol. The lowest BCUT2D eigenvalue weighted by atomic mass is 9.73. The summed E-state index contributed by atoms with van der Waals surface area (Å²) in [6, 6.07) is 11.6. The molecular weight excluding hydrogens is 679 g/mol. The molecule has 1 N–H and O–H groups in total. The lowest BCUT2D eigenvalue weighted by molar-refractivity contribution is 0.173. The number of hydrogen-bond acceptors (Lipinski definition) is 10. The molecule has 2 aliphatic rings. The summed E-state index contributed by atoms with van der Waals surface area (Å²) in [7, 11) is 0. The summed E-state index contributed by atoms with van der Waals surface area (Å²) in [6.07, 6.45) is 5.91. The highest BCUT2D eigenvalue weighted by molar-refractivity contribution is 7.99. The van der Waals surface area contributed by atoms with Crippen LogP contribution in [-0.2, 0) is 24.4 Å². The molecule has 14 heteroatoms. The van der Waals surface area contributed by atoms with E-state index in [1.807, 2.05) is 51.1 Å². The molecule has 1 unspecified atom stereocenters. The number of benzene rings is 1. The highest BCUT2D eigenvalue weighted by Crippen LogP contribution is 2.54. The Morgan fingerprint density at radius 3 is 2.59 bits per heavy atom. The molecule has 232 valence electrons. The van der Waals surface area contributed by atoms with Crippen LogP contribution in [0.3, 0.4) is 0 Å². The molecule has 1 fully saturated rings. The molecule has 0 amide bonds.